The van der Waals surface area contributed by atoms with Gasteiger partial charge in [-0.2, -0.15) is 0 Å². The van der Waals surface area contributed by atoms with Crippen LogP contribution in [-0.2, 0) is 15.1 Å². The van der Waals surface area contributed by atoms with Crippen molar-refractivity contribution >= 4 is 5.91 Å². The number of primary amides is 1. The average molecular weight is 291 g/mol. The SMILES string of the molecule is CNC(CCN1CCOCC1C)(C(N)=O)c1ccccc1. The predicted octanol–water partition coefficient (Wildman–Crippen LogP) is 0.697. The largest absolute Gasteiger partial charge is 0.379 e. The molecular formula is C16H25N3O2. The van der Waals surface area contributed by atoms with E-state index in [9.17, 15) is 4.79 Å². The molecule has 0 aliphatic carbocycles. The topological polar surface area (TPSA) is 67.6 Å². The summed E-state index contributed by atoms with van der Waals surface area (Å²) in [6.45, 7) is 5.35. The molecular weight excluding hydrogens is 266 g/mol. The molecule has 1 aromatic rings. The molecule has 1 aliphatic rings. The van der Waals surface area contributed by atoms with Gasteiger partial charge >= 0.3 is 0 Å². The van der Waals surface area contributed by atoms with Crippen molar-refractivity contribution in [2.75, 3.05) is 33.4 Å². The molecule has 2 unspecified atom stereocenters. The van der Waals surface area contributed by atoms with Crippen LogP contribution < -0.4 is 11.1 Å². The zero-order chi connectivity index (χ0) is 15.3. The van der Waals surface area contributed by atoms with Crippen molar-refractivity contribution < 1.29 is 9.53 Å². The van der Waals surface area contributed by atoms with Gasteiger partial charge in [0, 0.05) is 19.1 Å². The number of carbonyl (C=O) groups is 1. The maximum Gasteiger partial charge on any atom is 0.242 e. The number of ether oxygens (including phenoxy) is 1. The molecule has 2 rings (SSSR count). The Balaban J connectivity index is 2.15. The van der Waals surface area contributed by atoms with Gasteiger partial charge in [-0.3, -0.25) is 9.69 Å². The summed E-state index contributed by atoms with van der Waals surface area (Å²) in [7, 11) is 1.79. The molecule has 3 N–H and O–H groups in total. The number of likely N-dealkylation sites (N-methyl/N-ethyl adjacent to an activating group) is 1. The van der Waals surface area contributed by atoms with Crippen LogP contribution >= 0.6 is 0 Å². The first kappa shape index (κ1) is 15.9. The van der Waals surface area contributed by atoms with Crippen LogP contribution in [0.25, 0.3) is 0 Å². The molecule has 5 nitrogen and oxygen atoms in total. The van der Waals surface area contributed by atoms with Crippen molar-refractivity contribution in [3.63, 3.8) is 0 Å². The molecule has 0 bridgehead atoms. The van der Waals surface area contributed by atoms with Crippen molar-refractivity contribution in [3.05, 3.63) is 35.9 Å². The summed E-state index contributed by atoms with van der Waals surface area (Å²) in [5.74, 6) is -0.336. The van der Waals surface area contributed by atoms with Crippen LogP contribution in [0.2, 0.25) is 0 Å². The van der Waals surface area contributed by atoms with E-state index in [2.05, 4.69) is 17.1 Å². The molecule has 0 radical (unpaired) electrons. The number of morpholine rings is 1. The molecule has 1 fully saturated rings. The van der Waals surface area contributed by atoms with E-state index in [1.807, 2.05) is 30.3 Å². The maximum atomic E-state index is 12.1. The Kier molecular flexibility index (Phi) is 5.33. The molecule has 5 heteroatoms. The van der Waals surface area contributed by atoms with Crippen LogP contribution in [0, 0.1) is 0 Å². The second-order valence-corrected chi connectivity index (χ2v) is 5.60. The third-order valence-electron chi connectivity index (χ3n) is 4.39. The third-order valence-corrected chi connectivity index (χ3v) is 4.39. The highest BCUT2D eigenvalue weighted by atomic mass is 16.5. The lowest BCUT2D eigenvalue weighted by Crippen LogP contribution is -2.54. The van der Waals surface area contributed by atoms with Gasteiger partial charge in [-0.25, -0.2) is 0 Å². The molecule has 1 heterocycles. The van der Waals surface area contributed by atoms with E-state index in [0.29, 0.717) is 12.5 Å². The van der Waals surface area contributed by atoms with Crippen molar-refractivity contribution in [3.8, 4) is 0 Å². The number of carbonyl (C=O) groups excluding carboxylic acids is 1. The standard InChI is InChI=1S/C16H25N3O2/c1-13-12-21-11-10-19(13)9-8-16(18-2,15(17)20)14-6-4-3-5-7-14/h3-7,13,18H,8-12H2,1-2H3,(H2,17,20). The van der Waals surface area contributed by atoms with Gasteiger partial charge < -0.3 is 15.8 Å². The molecule has 0 spiro atoms. The van der Waals surface area contributed by atoms with Crippen molar-refractivity contribution in [2.24, 2.45) is 5.73 Å². The minimum atomic E-state index is -0.820. The Bertz CT molecular complexity index is 466. The van der Waals surface area contributed by atoms with Gasteiger partial charge in [0.15, 0.2) is 0 Å². The van der Waals surface area contributed by atoms with Crippen LogP contribution in [0.4, 0.5) is 0 Å². The molecule has 0 aromatic heterocycles. The lowest BCUT2D eigenvalue weighted by atomic mass is 9.85. The summed E-state index contributed by atoms with van der Waals surface area (Å²) >= 11 is 0. The lowest BCUT2D eigenvalue weighted by molar-refractivity contribution is -0.125. The number of nitrogens with two attached hydrogens (primary N) is 1. The van der Waals surface area contributed by atoms with E-state index >= 15 is 0 Å². The lowest BCUT2D eigenvalue weighted by Gasteiger charge is -2.37. The van der Waals surface area contributed by atoms with Gasteiger partial charge in [0.1, 0.15) is 5.54 Å². The number of rotatable bonds is 6. The van der Waals surface area contributed by atoms with Crippen LogP contribution in [0.15, 0.2) is 30.3 Å². The number of benzene rings is 1. The highest BCUT2D eigenvalue weighted by Crippen LogP contribution is 2.25. The number of nitrogens with zero attached hydrogens (tertiary/aromatic N) is 1. The maximum absolute atomic E-state index is 12.1. The minimum absolute atomic E-state index is 0.336. The second kappa shape index (κ2) is 7.02. The number of amides is 1. The third kappa shape index (κ3) is 3.43. The number of nitrogens with one attached hydrogen (secondary N) is 1. The molecule has 1 aromatic carbocycles. The van der Waals surface area contributed by atoms with E-state index in [1.165, 1.54) is 0 Å². The first-order valence-corrected chi connectivity index (χ1v) is 7.46. The Labute approximate surface area is 126 Å². The van der Waals surface area contributed by atoms with E-state index in [1.54, 1.807) is 7.05 Å². The summed E-state index contributed by atoms with van der Waals surface area (Å²) in [6.07, 6.45) is 0.646. The predicted molar refractivity (Wildman–Crippen MR) is 82.8 cm³/mol. The molecule has 21 heavy (non-hydrogen) atoms. The van der Waals surface area contributed by atoms with Crippen molar-refractivity contribution in [2.45, 2.75) is 24.9 Å². The molecule has 1 saturated heterocycles. The normalized spacial score (nSPS) is 22.7. The fourth-order valence-electron chi connectivity index (χ4n) is 2.93. The van der Waals surface area contributed by atoms with Crippen LogP contribution in [0.1, 0.15) is 18.9 Å². The molecule has 1 aliphatic heterocycles. The van der Waals surface area contributed by atoms with Crippen molar-refractivity contribution in [1.29, 1.82) is 0 Å². The Morgan fingerprint density at radius 3 is 2.76 bits per heavy atom. The van der Waals surface area contributed by atoms with Gasteiger partial charge in [-0.15, -0.1) is 0 Å². The molecule has 2 atom stereocenters. The summed E-state index contributed by atoms with van der Waals surface area (Å²) < 4.78 is 5.45. The second-order valence-electron chi connectivity index (χ2n) is 5.60. The van der Waals surface area contributed by atoms with E-state index in [-0.39, 0.29) is 5.91 Å². The van der Waals surface area contributed by atoms with E-state index in [0.717, 1.165) is 31.9 Å². The van der Waals surface area contributed by atoms with Crippen molar-refractivity contribution in [1.82, 2.24) is 10.2 Å². The molecule has 0 saturated carbocycles. The highest BCUT2D eigenvalue weighted by Gasteiger charge is 2.37. The monoisotopic (exact) mass is 291 g/mol. The van der Waals surface area contributed by atoms with Crippen LogP contribution in [0.5, 0.6) is 0 Å². The quantitative estimate of drug-likeness (QED) is 0.809. The summed E-state index contributed by atoms with van der Waals surface area (Å²) in [5, 5.41) is 3.15. The van der Waals surface area contributed by atoms with Gasteiger partial charge in [0.25, 0.3) is 0 Å². The highest BCUT2D eigenvalue weighted by molar-refractivity contribution is 5.86. The molecule has 1 amide bonds. The Hall–Kier alpha value is -1.43. The van der Waals surface area contributed by atoms with E-state index in [4.69, 9.17) is 10.5 Å². The summed E-state index contributed by atoms with van der Waals surface area (Å²) in [5.41, 5.74) is 5.82. The summed E-state index contributed by atoms with van der Waals surface area (Å²) in [4.78, 5) is 14.5. The fraction of sp³-hybridized carbons (Fsp3) is 0.562. The fourth-order valence-corrected chi connectivity index (χ4v) is 2.93. The minimum Gasteiger partial charge on any atom is -0.379 e. The number of hydrogen-bond donors (Lipinski definition) is 2. The average Bonchev–Trinajstić information content (AvgIpc) is 2.51. The number of hydrogen-bond acceptors (Lipinski definition) is 4. The van der Waals surface area contributed by atoms with Gasteiger partial charge in [-0.1, -0.05) is 30.3 Å². The Morgan fingerprint density at radius 2 is 2.19 bits per heavy atom. The first-order chi connectivity index (χ1) is 10.1. The zero-order valence-electron chi connectivity index (χ0n) is 12.8. The van der Waals surface area contributed by atoms with Gasteiger partial charge in [-0.05, 0) is 26.0 Å². The van der Waals surface area contributed by atoms with E-state index < -0.39 is 5.54 Å². The van der Waals surface area contributed by atoms with Crippen LogP contribution in [-0.4, -0.2) is 50.2 Å². The van der Waals surface area contributed by atoms with Gasteiger partial charge in [0.2, 0.25) is 5.91 Å². The first-order valence-electron chi connectivity index (χ1n) is 7.46. The van der Waals surface area contributed by atoms with Crippen LogP contribution in [0.3, 0.4) is 0 Å². The zero-order valence-corrected chi connectivity index (χ0v) is 12.8. The smallest absolute Gasteiger partial charge is 0.242 e. The summed E-state index contributed by atoms with van der Waals surface area (Å²) in [6, 6.07) is 10.1. The van der Waals surface area contributed by atoms with Gasteiger partial charge in [0.05, 0.1) is 13.2 Å². The molecule has 116 valence electrons. The Morgan fingerprint density at radius 1 is 1.48 bits per heavy atom.